The monoisotopic (exact) mass is 148 g/mol. The average Bonchev–Trinajstić information content (AvgIpc) is 1.84. The van der Waals surface area contributed by atoms with Gasteiger partial charge in [-0.3, -0.25) is 0 Å². The Balaban J connectivity index is 4.63. The van der Waals surface area contributed by atoms with Crippen molar-refractivity contribution in [2.75, 3.05) is 0 Å². The van der Waals surface area contributed by atoms with Crippen LogP contribution in [-0.4, -0.2) is 7.85 Å². The lowest BCUT2D eigenvalue weighted by Crippen LogP contribution is -1.87. The molecule has 0 aromatic carbocycles. The van der Waals surface area contributed by atoms with Gasteiger partial charge in [0.15, 0.2) is 0 Å². The van der Waals surface area contributed by atoms with E-state index in [2.05, 4.69) is 41.3 Å². The molecule has 60 valence electrons. The molecule has 0 aromatic rings. The molecule has 0 N–H and O–H groups in total. The summed E-state index contributed by atoms with van der Waals surface area (Å²) in [6, 6.07) is 0. The van der Waals surface area contributed by atoms with Gasteiger partial charge in [0.2, 0.25) is 0 Å². The Labute approximate surface area is 71.1 Å². The highest BCUT2D eigenvalue weighted by atomic mass is 13.9. The molecule has 1 heteroatoms. The lowest BCUT2D eigenvalue weighted by molar-refractivity contribution is 1.31. The van der Waals surface area contributed by atoms with Crippen LogP contribution in [0.4, 0.5) is 0 Å². The van der Waals surface area contributed by atoms with E-state index in [9.17, 15) is 0 Å². The minimum absolute atomic E-state index is 1.11. The molecule has 0 spiro atoms. The molecule has 0 rings (SSSR count). The third-order valence-corrected chi connectivity index (χ3v) is 1.80. The molecule has 0 atom stereocenters. The molecular weight excluding hydrogens is 131 g/mol. The molecular formula is C10H17B. The maximum absolute atomic E-state index is 3.84. The van der Waals surface area contributed by atoms with Crippen LogP contribution in [0, 0.1) is 0 Å². The van der Waals surface area contributed by atoms with Gasteiger partial charge in [0.05, 0.1) is 0 Å². The first-order valence-electron chi connectivity index (χ1n) is 3.93. The van der Waals surface area contributed by atoms with E-state index >= 15 is 0 Å². The minimum Gasteiger partial charge on any atom is -0.0961 e. The smallest absolute Gasteiger partial charge is 0.0961 e. The van der Waals surface area contributed by atoms with Gasteiger partial charge in [-0.25, -0.2) is 0 Å². The fourth-order valence-electron chi connectivity index (χ4n) is 0.872. The Bertz CT molecular complexity index is 215. The van der Waals surface area contributed by atoms with Gasteiger partial charge in [-0.15, -0.1) is 0 Å². The first-order valence-corrected chi connectivity index (χ1v) is 3.93. The summed E-state index contributed by atoms with van der Waals surface area (Å²) in [7, 11) is 2.14. The van der Waals surface area contributed by atoms with Crippen LogP contribution >= 0.6 is 0 Å². The first kappa shape index (κ1) is 10.3. The topological polar surface area (TPSA) is 0 Å². The lowest BCUT2D eigenvalue weighted by atomic mass is 9.85. The summed E-state index contributed by atoms with van der Waals surface area (Å²) in [6.07, 6.45) is 2.11. The van der Waals surface area contributed by atoms with Gasteiger partial charge in [-0.05, 0) is 27.7 Å². The molecule has 0 nitrogen and oxygen atoms in total. The van der Waals surface area contributed by atoms with E-state index in [1.54, 1.807) is 0 Å². The second-order valence-corrected chi connectivity index (χ2v) is 3.30. The Morgan fingerprint density at radius 2 is 1.64 bits per heavy atom. The van der Waals surface area contributed by atoms with Gasteiger partial charge in [0.25, 0.3) is 0 Å². The fourth-order valence-corrected chi connectivity index (χ4v) is 0.872. The predicted molar refractivity (Wildman–Crippen MR) is 55.5 cm³/mol. The van der Waals surface area contributed by atoms with Gasteiger partial charge in [0, 0.05) is 0 Å². The fraction of sp³-hybridized carbons (Fsp3) is 0.400. The molecule has 0 bridgehead atoms. The van der Waals surface area contributed by atoms with Crippen LogP contribution < -0.4 is 0 Å². The van der Waals surface area contributed by atoms with E-state index in [4.69, 9.17) is 0 Å². The summed E-state index contributed by atoms with van der Waals surface area (Å²) in [6.45, 7) is 12.2. The summed E-state index contributed by atoms with van der Waals surface area (Å²) in [5, 5.41) is 0. The molecule has 0 amide bonds. The third-order valence-electron chi connectivity index (χ3n) is 1.80. The van der Waals surface area contributed by atoms with E-state index in [1.807, 2.05) is 6.92 Å². The van der Waals surface area contributed by atoms with Crippen molar-refractivity contribution in [3.05, 3.63) is 34.8 Å². The van der Waals surface area contributed by atoms with E-state index in [1.165, 1.54) is 16.6 Å². The van der Waals surface area contributed by atoms with Crippen molar-refractivity contribution >= 4 is 7.85 Å². The number of rotatable bonds is 2. The zero-order valence-corrected chi connectivity index (χ0v) is 8.28. The summed E-state index contributed by atoms with van der Waals surface area (Å²) in [5.74, 6) is 0. The molecule has 0 aliphatic carbocycles. The second-order valence-electron chi connectivity index (χ2n) is 3.30. The second kappa shape index (κ2) is 4.22. The first-order chi connectivity index (χ1) is 4.95. The Hall–Kier alpha value is -0.715. The third kappa shape index (κ3) is 3.87. The van der Waals surface area contributed by atoms with Gasteiger partial charge in [-0.2, -0.15) is 0 Å². The number of allylic oxidation sites excluding steroid dienone is 5. The van der Waals surface area contributed by atoms with Crippen molar-refractivity contribution in [2.24, 2.45) is 0 Å². The molecule has 0 aliphatic rings. The molecule has 0 radical (unpaired) electrons. The van der Waals surface area contributed by atoms with Crippen molar-refractivity contribution < 1.29 is 0 Å². The largest absolute Gasteiger partial charge is 0.139 e. The average molecular weight is 148 g/mol. The Morgan fingerprint density at radius 3 is 1.91 bits per heavy atom. The Morgan fingerprint density at radius 1 is 1.18 bits per heavy atom. The molecule has 0 heterocycles. The van der Waals surface area contributed by atoms with Crippen LogP contribution in [0.5, 0.6) is 0 Å². The molecule has 0 aromatic heterocycles. The van der Waals surface area contributed by atoms with Crippen molar-refractivity contribution in [1.82, 2.24) is 0 Å². The normalized spacial score (nSPS) is 11.1. The molecule has 0 saturated carbocycles. The predicted octanol–water partition coefficient (Wildman–Crippen LogP) is 2.44. The Kier molecular flexibility index (Phi) is 3.95. The molecule has 0 aliphatic heterocycles. The van der Waals surface area contributed by atoms with E-state index in [0.29, 0.717) is 0 Å². The number of hydrogen-bond donors (Lipinski definition) is 0. The zero-order chi connectivity index (χ0) is 9.02. The van der Waals surface area contributed by atoms with Gasteiger partial charge < -0.3 is 0 Å². The molecule has 0 saturated heterocycles. The molecule has 0 fully saturated rings. The lowest BCUT2D eigenvalue weighted by Gasteiger charge is -2.03. The van der Waals surface area contributed by atoms with Crippen LogP contribution in [-0.2, 0) is 0 Å². The number of hydrogen-bond acceptors (Lipinski definition) is 0. The summed E-state index contributed by atoms with van der Waals surface area (Å²) in [5.41, 5.74) is 5.17. The van der Waals surface area contributed by atoms with Crippen molar-refractivity contribution in [1.29, 1.82) is 0 Å². The molecule has 0 unspecified atom stereocenters. The van der Waals surface area contributed by atoms with E-state index in [0.717, 1.165) is 5.57 Å². The maximum atomic E-state index is 3.84. The summed E-state index contributed by atoms with van der Waals surface area (Å²) >= 11 is 0. The van der Waals surface area contributed by atoms with Crippen LogP contribution in [0.1, 0.15) is 27.7 Å². The van der Waals surface area contributed by atoms with Crippen LogP contribution in [0.2, 0.25) is 0 Å². The maximum Gasteiger partial charge on any atom is 0.139 e. The molecule has 11 heavy (non-hydrogen) atoms. The SMILES string of the molecule is BC(=C(C)C)/C(C)=C\C(=C)C. The van der Waals surface area contributed by atoms with E-state index in [-0.39, 0.29) is 0 Å². The van der Waals surface area contributed by atoms with Crippen molar-refractivity contribution in [2.45, 2.75) is 27.7 Å². The van der Waals surface area contributed by atoms with Crippen molar-refractivity contribution in [3.63, 3.8) is 0 Å². The highest BCUT2D eigenvalue weighted by Gasteiger charge is 1.93. The van der Waals surface area contributed by atoms with Crippen LogP contribution in [0.25, 0.3) is 0 Å². The standard InChI is InChI=1S/C10H17B/c1-7(2)6-9(5)10(11)8(3)4/h6H,1,11H2,2-5H3/b9-6-. The zero-order valence-electron chi connectivity index (χ0n) is 8.28. The van der Waals surface area contributed by atoms with Gasteiger partial charge in [-0.1, -0.05) is 34.8 Å². The summed E-state index contributed by atoms with van der Waals surface area (Å²) in [4.78, 5) is 0. The van der Waals surface area contributed by atoms with Gasteiger partial charge >= 0.3 is 0 Å². The van der Waals surface area contributed by atoms with Crippen LogP contribution in [0.3, 0.4) is 0 Å². The highest BCUT2D eigenvalue weighted by Crippen LogP contribution is 2.11. The van der Waals surface area contributed by atoms with Crippen molar-refractivity contribution in [3.8, 4) is 0 Å². The van der Waals surface area contributed by atoms with Crippen LogP contribution in [0.15, 0.2) is 34.8 Å². The summed E-state index contributed by atoms with van der Waals surface area (Å²) < 4.78 is 0. The van der Waals surface area contributed by atoms with Gasteiger partial charge in [0.1, 0.15) is 7.85 Å². The highest BCUT2D eigenvalue weighted by molar-refractivity contribution is 6.24. The van der Waals surface area contributed by atoms with E-state index < -0.39 is 0 Å². The minimum atomic E-state index is 1.11. The quantitative estimate of drug-likeness (QED) is 0.416.